The molecule has 6 heteroatoms. The predicted octanol–water partition coefficient (Wildman–Crippen LogP) is 3.25. The summed E-state index contributed by atoms with van der Waals surface area (Å²) in [6.07, 6.45) is 0. The number of nitrogens with one attached hydrogen (secondary N) is 1. The van der Waals surface area contributed by atoms with E-state index in [1.54, 1.807) is 18.7 Å². The lowest BCUT2D eigenvalue weighted by Crippen LogP contribution is -2.35. The molecule has 1 unspecified atom stereocenters. The smallest absolute Gasteiger partial charge is 0.329 e. The fraction of sp³-hybridized carbons (Fsp3) is 0.167. The first-order chi connectivity index (χ1) is 14.6. The molecule has 0 spiro atoms. The van der Waals surface area contributed by atoms with Gasteiger partial charge in [-0.25, -0.2) is 4.79 Å². The van der Waals surface area contributed by atoms with Gasteiger partial charge in [-0.15, -0.1) is 0 Å². The lowest BCUT2D eigenvalue weighted by Gasteiger charge is -2.20. The molecule has 0 aliphatic rings. The number of fused-ring (bicyclic) bond motifs is 1. The maximum atomic E-state index is 13.0. The van der Waals surface area contributed by atoms with E-state index in [-0.39, 0.29) is 24.2 Å². The Hall–Kier alpha value is -3.80. The van der Waals surface area contributed by atoms with E-state index < -0.39 is 0 Å². The summed E-state index contributed by atoms with van der Waals surface area (Å²) in [6, 6.07) is 24.5. The van der Waals surface area contributed by atoms with Crippen LogP contribution in [0, 0.1) is 0 Å². The van der Waals surface area contributed by atoms with Gasteiger partial charge in [-0.2, -0.15) is 0 Å². The van der Waals surface area contributed by atoms with E-state index >= 15 is 0 Å². The zero-order valence-electron chi connectivity index (χ0n) is 16.9. The van der Waals surface area contributed by atoms with Crippen molar-refractivity contribution in [3.05, 3.63) is 100 Å². The molecule has 3 aromatic carbocycles. The Morgan fingerprint density at radius 1 is 0.900 bits per heavy atom. The summed E-state index contributed by atoms with van der Waals surface area (Å²) in [5.74, 6) is 0.511. The highest BCUT2D eigenvalue weighted by Crippen LogP contribution is 2.24. The summed E-state index contributed by atoms with van der Waals surface area (Å²) < 4.78 is 8.30. The first-order valence-corrected chi connectivity index (χ1v) is 9.71. The molecule has 4 aromatic rings. The molecule has 152 valence electrons. The van der Waals surface area contributed by atoms with Gasteiger partial charge in [-0.3, -0.25) is 13.9 Å². The predicted molar refractivity (Wildman–Crippen MR) is 117 cm³/mol. The Kier molecular flexibility index (Phi) is 5.39. The zero-order chi connectivity index (χ0) is 21.1. The molecule has 1 N–H and O–H groups in total. The van der Waals surface area contributed by atoms with E-state index in [2.05, 4.69) is 5.32 Å². The number of hydrogen-bond donors (Lipinski definition) is 1. The lowest BCUT2D eigenvalue weighted by atomic mass is 9.98. The molecule has 4 rings (SSSR count). The summed E-state index contributed by atoms with van der Waals surface area (Å²) in [7, 11) is 3.33. The fourth-order valence-electron chi connectivity index (χ4n) is 3.67. The number of methoxy groups -OCH3 is 1. The molecule has 30 heavy (non-hydrogen) atoms. The number of nitrogens with zero attached hydrogens (tertiary/aromatic N) is 2. The maximum Gasteiger partial charge on any atom is 0.329 e. The van der Waals surface area contributed by atoms with Crippen molar-refractivity contribution in [1.82, 2.24) is 14.5 Å². The van der Waals surface area contributed by atoms with Crippen LogP contribution in [0.5, 0.6) is 5.75 Å². The van der Waals surface area contributed by atoms with E-state index in [9.17, 15) is 9.59 Å². The van der Waals surface area contributed by atoms with Gasteiger partial charge in [0.15, 0.2) is 0 Å². The number of aromatic nitrogens is 2. The molecule has 6 nitrogen and oxygen atoms in total. The number of hydrogen-bond acceptors (Lipinski definition) is 3. The third kappa shape index (κ3) is 3.72. The molecule has 1 aromatic heterocycles. The first kappa shape index (κ1) is 19.5. The number of carbonyl (C=O) groups is 1. The minimum Gasteiger partial charge on any atom is -0.497 e. The second kappa shape index (κ2) is 8.29. The molecule has 0 fully saturated rings. The van der Waals surface area contributed by atoms with Gasteiger partial charge in [0.25, 0.3) is 0 Å². The Balaban J connectivity index is 1.64. The van der Waals surface area contributed by atoms with Gasteiger partial charge < -0.3 is 10.1 Å². The summed E-state index contributed by atoms with van der Waals surface area (Å²) in [5.41, 5.74) is 3.21. The van der Waals surface area contributed by atoms with Crippen molar-refractivity contribution < 1.29 is 9.53 Å². The van der Waals surface area contributed by atoms with Crippen LogP contribution in [0.1, 0.15) is 17.2 Å². The van der Waals surface area contributed by atoms with Crippen LogP contribution in [0.2, 0.25) is 0 Å². The minimum atomic E-state index is -0.338. The van der Waals surface area contributed by atoms with Crippen molar-refractivity contribution in [3.8, 4) is 5.75 Å². The van der Waals surface area contributed by atoms with Crippen molar-refractivity contribution in [2.45, 2.75) is 12.6 Å². The van der Waals surface area contributed by atoms with Gasteiger partial charge in [-0.05, 0) is 35.4 Å². The summed E-state index contributed by atoms with van der Waals surface area (Å²) in [6.45, 7) is -0.0559. The number of para-hydroxylation sites is 2. The molecule has 1 heterocycles. The highest BCUT2D eigenvalue weighted by Gasteiger charge is 2.19. The second-order valence-corrected chi connectivity index (χ2v) is 7.10. The zero-order valence-corrected chi connectivity index (χ0v) is 16.9. The maximum absolute atomic E-state index is 13.0. The van der Waals surface area contributed by atoms with Gasteiger partial charge >= 0.3 is 5.69 Å². The number of ether oxygens (including phenoxy) is 1. The molecule has 0 aliphatic heterocycles. The SMILES string of the molecule is COc1ccc(C(NC(=O)Cn2c(=O)n(C)c3ccccc32)c2ccccc2)cc1. The van der Waals surface area contributed by atoms with Crippen LogP contribution >= 0.6 is 0 Å². The molecule has 1 atom stereocenters. The van der Waals surface area contributed by atoms with Crippen molar-refractivity contribution in [1.29, 1.82) is 0 Å². The van der Waals surface area contributed by atoms with Crippen molar-refractivity contribution in [2.24, 2.45) is 7.05 Å². The van der Waals surface area contributed by atoms with Crippen LogP contribution in [0.3, 0.4) is 0 Å². The molecule has 0 aliphatic carbocycles. The molecule has 0 radical (unpaired) electrons. The lowest BCUT2D eigenvalue weighted by molar-refractivity contribution is -0.122. The van der Waals surface area contributed by atoms with Crippen molar-refractivity contribution in [3.63, 3.8) is 0 Å². The van der Waals surface area contributed by atoms with E-state index in [0.717, 1.165) is 27.9 Å². The molecule has 0 saturated carbocycles. The summed E-state index contributed by atoms with van der Waals surface area (Å²) in [5, 5.41) is 3.09. The summed E-state index contributed by atoms with van der Waals surface area (Å²) in [4.78, 5) is 25.6. The number of imidazole rings is 1. The van der Waals surface area contributed by atoms with Gasteiger partial charge in [0.1, 0.15) is 12.3 Å². The quantitative estimate of drug-likeness (QED) is 0.539. The van der Waals surface area contributed by atoms with Crippen LogP contribution in [0.25, 0.3) is 11.0 Å². The van der Waals surface area contributed by atoms with E-state index in [1.165, 1.54) is 4.57 Å². The van der Waals surface area contributed by atoms with Crippen LogP contribution in [-0.4, -0.2) is 22.2 Å². The molecule has 1 amide bonds. The van der Waals surface area contributed by atoms with Crippen LogP contribution in [0.4, 0.5) is 0 Å². The van der Waals surface area contributed by atoms with Crippen molar-refractivity contribution >= 4 is 16.9 Å². The van der Waals surface area contributed by atoms with E-state index in [1.807, 2.05) is 78.9 Å². The summed E-state index contributed by atoms with van der Waals surface area (Å²) >= 11 is 0. The van der Waals surface area contributed by atoms with Crippen LogP contribution in [-0.2, 0) is 18.4 Å². The van der Waals surface area contributed by atoms with Crippen LogP contribution in [0.15, 0.2) is 83.7 Å². The third-order valence-electron chi connectivity index (χ3n) is 5.24. The van der Waals surface area contributed by atoms with Gasteiger partial charge in [0.05, 0.1) is 24.2 Å². The van der Waals surface area contributed by atoms with E-state index in [4.69, 9.17) is 4.74 Å². The Bertz CT molecular complexity index is 1220. The Morgan fingerprint density at radius 3 is 2.17 bits per heavy atom. The largest absolute Gasteiger partial charge is 0.497 e. The normalized spacial score (nSPS) is 11.9. The van der Waals surface area contributed by atoms with Crippen LogP contribution < -0.4 is 15.7 Å². The minimum absolute atomic E-state index is 0.0559. The average molecular weight is 401 g/mol. The molecular weight excluding hydrogens is 378 g/mol. The van der Waals surface area contributed by atoms with Gasteiger partial charge in [-0.1, -0.05) is 54.6 Å². The molecule has 0 saturated heterocycles. The topological polar surface area (TPSA) is 65.3 Å². The van der Waals surface area contributed by atoms with Gasteiger partial charge in [0.2, 0.25) is 5.91 Å². The number of benzene rings is 3. The Labute approximate surface area is 174 Å². The first-order valence-electron chi connectivity index (χ1n) is 9.71. The fourth-order valence-corrected chi connectivity index (χ4v) is 3.67. The second-order valence-electron chi connectivity index (χ2n) is 7.10. The standard InChI is InChI=1S/C24H23N3O3/c1-26-20-10-6-7-11-21(20)27(24(26)29)16-22(28)25-23(17-8-4-3-5-9-17)18-12-14-19(30-2)15-13-18/h3-15,23H,16H2,1-2H3,(H,25,28). The number of amides is 1. The van der Waals surface area contributed by atoms with Crippen molar-refractivity contribution in [2.75, 3.05) is 7.11 Å². The number of aryl methyl sites for hydroxylation is 1. The third-order valence-corrected chi connectivity index (χ3v) is 5.24. The Morgan fingerprint density at radius 2 is 1.50 bits per heavy atom. The molecular formula is C24H23N3O3. The molecule has 0 bridgehead atoms. The van der Waals surface area contributed by atoms with E-state index in [0.29, 0.717) is 0 Å². The van der Waals surface area contributed by atoms with Gasteiger partial charge in [0, 0.05) is 7.05 Å². The monoisotopic (exact) mass is 401 g/mol. The average Bonchev–Trinajstić information content (AvgIpc) is 3.03. The highest BCUT2D eigenvalue weighted by atomic mass is 16.5. The number of carbonyl (C=O) groups excluding carboxylic acids is 1. The highest BCUT2D eigenvalue weighted by molar-refractivity contribution is 5.81. The number of rotatable bonds is 6.